The minimum atomic E-state index is -3.59. The number of hydrogen-bond donors (Lipinski definition) is 1. The normalized spacial score (nSPS) is 18.8. The first-order valence-electron chi connectivity index (χ1n) is 10.2. The third kappa shape index (κ3) is 4.20. The van der Waals surface area contributed by atoms with Crippen LogP contribution in [0.4, 0.5) is 10.1 Å². The molecule has 4 rings (SSSR count). The van der Waals surface area contributed by atoms with Crippen LogP contribution in [0.15, 0.2) is 47.4 Å². The van der Waals surface area contributed by atoms with Crippen molar-refractivity contribution in [1.29, 1.82) is 0 Å². The van der Waals surface area contributed by atoms with E-state index >= 15 is 0 Å². The monoisotopic (exact) mass is 445 g/mol. The highest BCUT2D eigenvalue weighted by molar-refractivity contribution is 7.89. The summed E-state index contributed by atoms with van der Waals surface area (Å²) in [5.41, 5.74) is 1.94. The number of carbonyl (C=O) groups excluding carboxylic acids is 2. The molecule has 7 nitrogen and oxygen atoms in total. The summed E-state index contributed by atoms with van der Waals surface area (Å²) in [5, 5.41) is 2.79. The topological polar surface area (TPSA) is 86.8 Å². The Labute approximate surface area is 180 Å². The van der Waals surface area contributed by atoms with E-state index in [1.54, 1.807) is 24.3 Å². The van der Waals surface area contributed by atoms with Crippen molar-refractivity contribution in [1.82, 2.24) is 9.62 Å². The summed E-state index contributed by atoms with van der Waals surface area (Å²) in [7, 11) is -3.59. The Morgan fingerprint density at radius 1 is 1.10 bits per heavy atom. The highest BCUT2D eigenvalue weighted by Gasteiger charge is 2.38. The molecule has 0 bridgehead atoms. The van der Waals surface area contributed by atoms with Crippen LogP contribution in [0.25, 0.3) is 0 Å². The van der Waals surface area contributed by atoms with Crippen LogP contribution in [-0.4, -0.2) is 43.7 Å². The van der Waals surface area contributed by atoms with Crippen molar-refractivity contribution in [2.24, 2.45) is 0 Å². The average Bonchev–Trinajstić information content (AvgIpc) is 3.41. The number of rotatable bonds is 5. The number of fused-ring (bicyclic) bond motifs is 1. The smallest absolute Gasteiger partial charge is 0.243 e. The van der Waals surface area contributed by atoms with Crippen molar-refractivity contribution < 1.29 is 22.4 Å². The Kier molecular flexibility index (Phi) is 5.81. The van der Waals surface area contributed by atoms with Crippen molar-refractivity contribution in [3.8, 4) is 0 Å². The second kappa shape index (κ2) is 8.39. The first-order chi connectivity index (χ1) is 14.8. The maximum atomic E-state index is 13.1. The van der Waals surface area contributed by atoms with Gasteiger partial charge in [0.15, 0.2) is 0 Å². The standard InChI is InChI=1S/C22H24FN3O4S/c1-15(27)26-20-9-8-19(31(29,30)25-10-2-3-11-25)12-17(20)13-21(26)22(28)24-14-16-4-6-18(23)7-5-16/h4-9,12,21H,2-3,10-11,13-14H2,1H3,(H,24,28)/t21-/m0/s1. The lowest BCUT2D eigenvalue weighted by Gasteiger charge is -2.23. The predicted octanol–water partition coefficient (Wildman–Crippen LogP) is 2.20. The minimum Gasteiger partial charge on any atom is -0.350 e. The van der Waals surface area contributed by atoms with Gasteiger partial charge < -0.3 is 5.32 Å². The number of anilines is 1. The fourth-order valence-corrected chi connectivity index (χ4v) is 5.74. The summed E-state index contributed by atoms with van der Waals surface area (Å²) < 4.78 is 40.3. The Hall–Kier alpha value is -2.78. The lowest BCUT2D eigenvalue weighted by atomic mass is 10.1. The number of benzene rings is 2. The molecule has 2 heterocycles. The predicted molar refractivity (Wildman–Crippen MR) is 113 cm³/mol. The highest BCUT2D eigenvalue weighted by atomic mass is 32.2. The molecule has 1 saturated heterocycles. The summed E-state index contributed by atoms with van der Waals surface area (Å²) in [4.78, 5) is 26.7. The Morgan fingerprint density at radius 3 is 2.42 bits per heavy atom. The molecule has 2 aliphatic heterocycles. The van der Waals surface area contributed by atoms with Crippen LogP contribution in [0.1, 0.15) is 30.9 Å². The van der Waals surface area contributed by atoms with Gasteiger partial charge in [-0.05, 0) is 54.3 Å². The molecule has 0 radical (unpaired) electrons. The van der Waals surface area contributed by atoms with E-state index in [4.69, 9.17) is 0 Å². The molecule has 164 valence electrons. The van der Waals surface area contributed by atoms with E-state index in [-0.39, 0.29) is 35.5 Å². The van der Waals surface area contributed by atoms with Gasteiger partial charge in [0, 0.05) is 38.7 Å². The number of nitrogens with one attached hydrogen (secondary N) is 1. The zero-order valence-electron chi connectivity index (χ0n) is 17.2. The Morgan fingerprint density at radius 2 is 1.77 bits per heavy atom. The zero-order valence-corrected chi connectivity index (χ0v) is 18.0. The molecule has 2 aromatic rings. The van der Waals surface area contributed by atoms with Gasteiger partial charge in [0.25, 0.3) is 0 Å². The van der Waals surface area contributed by atoms with Gasteiger partial charge in [-0.25, -0.2) is 12.8 Å². The molecule has 0 unspecified atom stereocenters. The first-order valence-corrected chi connectivity index (χ1v) is 11.7. The SMILES string of the molecule is CC(=O)N1c2ccc(S(=O)(=O)N3CCCC3)cc2C[C@H]1C(=O)NCc1ccc(F)cc1. The maximum Gasteiger partial charge on any atom is 0.243 e. The average molecular weight is 446 g/mol. The molecule has 1 fully saturated rings. The van der Waals surface area contributed by atoms with Gasteiger partial charge >= 0.3 is 0 Å². The lowest BCUT2D eigenvalue weighted by Crippen LogP contribution is -2.47. The molecule has 0 saturated carbocycles. The van der Waals surface area contributed by atoms with E-state index in [0.717, 1.165) is 18.4 Å². The van der Waals surface area contributed by atoms with E-state index in [2.05, 4.69) is 5.32 Å². The van der Waals surface area contributed by atoms with Crippen LogP contribution < -0.4 is 10.2 Å². The second-order valence-electron chi connectivity index (χ2n) is 7.85. The van der Waals surface area contributed by atoms with Gasteiger partial charge in [-0.2, -0.15) is 4.31 Å². The van der Waals surface area contributed by atoms with Crippen molar-refractivity contribution >= 4 is 27.5 Å². The van der Waals surface area contributed by atoms with Crippen LogP contribution in [0.3, 0.4) is 0 Å². The number of sulfonamides is 1. The molecule has 0 aliphatic carbocycles. The summed E-state index contributed by atoms with van der Waals surface area (Å²) in [6.45, 7) is 2.59. The quantitative estimate of drug-likeness (QED) is 0.765. The largest absolute Gasteiger partial charge is 0.350 e. The van der Waals surface area contributed by atoms with Crippen LogP contribution in [0.5, 0.6) is 0 Å². The first kappa shape index (κ1) is 21.5. The third-order valence-electron chi connectivity index (χ3n) is 5.76. The molecule has 31 heavy (non-hydrogen) atoms. The zero-order chi connectivity index (χ0) is 22.2. The summed E-state index contributed by atoms with van der Waals surface area (Å²) in [6, 6.07) is 9.71. The molecule has 2 aromatic carbocycles. The van der Waals surface area contributed by atoms with E-state index in [1.165, 1.54) is 34.3 Å². The van der Waals surface area contributed by atoms with Crippen LogP contribution in [-0.2, 0) is 32.6 Å². The molecule has 1 N–H and O–H groups in total. The fourth-order valence-electron chi connectivity index (χ4n) is 4.17. The number of hydrogen-bond acceptors (Lipinski definition) is 4. The molecule has 0 spiro atoms. The molecular formula is C22H24FN3O4S. The summed E-state index contributed by atoms with van der Waals surface area (Å²) in [5.74, 6) is -1.00. The minimum absolute atomic E-state index is 0.184. The van der Waals surface area contributed by atoms with E-state index < -0.39 is 16.1 Å². The van der Waals surface area contributed by atoms with Gasteiger partial charge in [-0.3, -0.25) is 14.5 Å². The molecular weight excluding hydrogens is 421 g/mol. The van der Waals surface area contributed by atoms with Gasteiger partial charge in [0.2, 0.25) is 21.8 Å². The van der Waals surface area contributed by atoms with Crippen molar-refractivity contribution in [2.45, 2.75) is 43.7 Å². The molecule has 2 aliphatic rings. The van der Waals surface area contributed by atoms with Gasteiger partial charge in [-0.15, -0.1) is 0 Å². The molecule has 9 heteroatoms. The van der Waals surface area contributed by atoms with E-state index in [9.17, 15) is 22.4 Å². The van der Waals surface area contributed by atoms with E-state index in [0.29, 0.717) is 24.3 Å². The van der Waals surface area contributed by atoms with Gasteiger partial charge in [0.1, 0.15) is 11.9 Å². The number of amides is 2. The van der Waals surface area contributed by atoms with Crippen LogP contribution >= 0.6 is 0 Å². The fraction of sp³-hybridized carbons (Fsp3) is 0.364. The molecule has 2 amide bonds. The number of halogens is 1. The second-order valence-corrected chi connectivity index (χ2v) is 9.79. The molecule has 0 aromatic heterocycles. The Balaban J connectivity index is 1.54. The van der Waals surface area contributed by atoms with Crippen molar-refractivity contribution in [2.75, 3.05) is 18.0 Å². The van der Waals surface area contributed by atoms with E-state index in [1.807, 2.05) is 0 Å². The highest BCUT2D eigenvalue weighted by Crippen LogP contribution is 2.35. The van der Waals surface area contributed by atoms with Gasteiger partial charge in [0.05, 0.1) is 4.90 Å². The molecule has 1 atom stereocenters. The lowest BCUT2D eigenvalue weighted by molar-refractivity contribution is -0.125. The van der Waals surface area contributed by atoms with Crippen molar-refractivity contribution in [3.63, 3.8) is 0 Å². The summed E-state index contributed by atoms with van der Waals surface area (Å²) >= 11 is 0. The van der Waals surface area contributed by atoms with Crippen LogP contribution in [0, 0.1) is 5.82 Å². The number of carbonyl (C=O) groups is 2. The Bertz CT molecular complexity index is 1110. The summed E-state index contributed by atoms with van der Waals surface area (Å²) in [6.07, 6.45) is 1.92. The van der Waals surface area contributed by atoms with Crippen molar-refractivity contribution in [3.05, 3.63) is 59.4 Å². The maximum absolute atomic E-state index is 13.1. The van der Waals surface area contributed by atoms with Crippen LogP contribution in [0.2, 0.25) is 0 Å². The third-order valence-corrected chi connectivity index (χ3v) is 7.65. The number of nitrogens with zero attached hydrogens (tertiary/aromatic N) is 2. The van der Waals surface area contributed by atoms with Gasteiger partial charge in [-0.1, -0.05) is 12.1 Å².